The average Bonchev–Trinajstić information content (AvgIpc) is 3.63. The summed E-state index contributed by atoms with van der Waals surface area (Å²) in [5, 5.41) is 16.3. The number of carbonyl (C=O) groups is 3. The van der Waals surface area contributed by atoms with Crippen molar-refractivity contribution < 1.29 is 19.5 Å². The summed E-state index contributed by atoms with van der Waals surface area (Å²) in [5.41, 5.74) is 7.00. The molecule has 2 unspecified atom stereocenters. The molecule has 1 saturated heterocycles. The third-order valence-corrected chi connectivity index (χ3v) is 8.53. The van der Waals surface area contributed by atoms with Crippen LogP contribution in [-0.4, -0.2) is 40.8 Å². The Morgan fingerprint density at radius 1 is 1.10 bits per heavy atom. The maximum Gasteiger partial charge on any atom is 0.303 e. The number of nitrogens with zero attached hydrogens (tertiary/aromatic N) is 2. The molecule has 2 aromatic carbocycles. The third-order valence-electron chi connectivity index (χ3n) is 7.72. The molecular weight excluding hydrogens is 512 g/mol. The van der Waals surface area contributed by atoms with Gasteiger partial charge in [0, 0.05) is 24.3 Å². The number of aliphatic carboxylic acids is 1. The molecule has 1 saturated carbocycles. The minimum Gasteiger partial charge on any atom is -0.481 e. The quantitative estimate of drug-likeness (QED) is 0.334. The summed E-state index contributed by atoms with van der Waals surface area (Å²) in [6.07, 6.45) is 5.29. The number of anilines is 2. The van der Waals surface area contributed by atoms with Crippen molar-refractivity contribution in [1.82, 2.24) is 10.4 Å². The molecular formula is C30H34N4O4S. The first kappa shape index (κ1) is 27.0. The van der Waals surface area contributed by atoms with Gasteiger partial charge in [0.1, 0.15) is 0 Å². The summed E-state index contributed by atoms with van der Waals surface area (Å²) in [6.45, 7) is 0.927. The molecule has 1 aliphatic heterocycles. The number of ketones is 1. The Balaban J connectivity index is 1.26. The van der Waals surface area contributed by atoms with E-state index in [9.17, 15) is 14.4 Å². The predicted octanol–water partition coefficient (Wildman–Crippen LogP) is 4.83. The number of amides is 1. The average molecular weight is 547 g/mol. The topological polar surface area (TPSA) is 112 Å². The van der Waals surface area contributed by atoms with Gasteiger partial charge in [-0.15, -0.1) is 11.3 Å². The molecule has 0 radical (unpaired) electrons. The fourth-order valence-corrected chi connectivity index (χ4v) is 6.41. The number of hydrogen-bond acceptors (Lipinski definition) is 7. The summed E-state index contributed by atoms with van der Waals surface area (Å²) in [5.74, 6) is -0.834. The zero-order valence-corrected chi connectivity index (χ0v) is 22.7. The van der Waals surface area contributed by atoms with Crippen LogP contribution in [0, 0.1) is 11.8 Å². The summed E-state index contributed by atoms with van der Waals surface area (Å²) in [4.78, 5) is 41.5. The molecule has 8 nitrogen and oxygen atoms in total. The van der Waals surface area contributed by atoms with Crippen LogP contribution in [0.15, 0.2) is 60.0 Å². The van der Waals surface area contributed by atoms with Crippen LogP contribution >= 0.6 is 11.3 Å². The third kappa shape index (κ3) is 6.91. The molecule has 2 heterocycles. The van der Waals surface area contributed by atoms with Gasteiger partial charge in [0.05, 0.1) is 30.3 Å². The molecule has 9 heteroatoms. The van der Waals surface area contributed by atoms with Crippen molar-refractivity contribution in [3.8, 4) is 0 Å². The number of para-hydroxylation sites is 1. The molecule has 3 N–H and O–H groups in total. The van der Waals surface area contributed by atoms with Crippen LogP contribution in [0.5, 0.6) is 0 Å². The largest absolute Gasteiger partial charge is 0.481 e. The Kier molecular flexibility index (Phi) is 8.68. The van der Waals surface area contributed by atoms with Crippen molar-refractivity contribution >= 4 is 39.8 Å². The highest BCUT2D eigenvalue weighted by molar-refractivity contribution is 7.13. The van der Waals surface area contributed by atoms with Gasteiger partial charge in [-0.2, -0.15) is 0 Å². The van der Waals surface area contributed by atoms with E-state index in [1.54, 1.807) is 5.38 Å². The number of carbonyl (C=O) groups excluding carboxylic acids is 2. The highest BCUT2D eigenvalue weighted by Crippen LogP contribution is 2.38. The lowest BCUT2D eigenvalue weighted by atomic mass is 9.83. The Hall–Kier alpha value is -3.56. The van der Waals surface area contributed by atoms with Gasteiger partial charge in [-0.1, -0.05) is 55.3 Å². The van der Waals surface area contributed by atoms with Crippen molar-refractivity contribution in [2.24, 2.45) is 11.8 Å². The molecule has 2 atom stereocenters. The lowest BCUT2D eigenvalue weighted by molar-refractivity contribution is -0.137. The van der Waals surface area contributed by atoms with E-state index in [0.717, 1.165) is 42.5 Å². The number of carboxylic acid groups (broad SMARTS) is 1. The normalized spacial score (nSPS) is 18.7. The molecule has 0 bridgehead atoms. The molecule has 2 fully saturated rings. The second-order valence-electron chi connectivity index (χ2n) is 10.4. The minimum atomic E-state index is -0.864. The van der Waals surface area contributed by atoms with Crippen LogP contribution in [0.25, 0.3) is 0 Å². The maximum atomic E-state index is 13.5. The lowest BCUT2D eigenvalue weighted by Crippen LogP contribution is -2.52. The van der Waals surface area contributed by atoms with Gasteiger partial charge in [-0.3, -0.25) is 14.4 Å². The highest BCUT2D eigenvalue weighted by atomic mass is 32.1. The zero-order valence-electron chi connectivity index (χ0n) is 21.8. The van der Waals surface area contributed by atoms with E-state index in [1.165, 1.54) is 11.3 Å². The Labute approximate surface area is 232 Å². The number of rotatable bonds is 10. The first-order valence-corrected chi connectivity index (χ1v) is 14.5. The van der Waals surface area contributed by atoms with Crippen LogP contribution in [-0.2, 0) is 27.2 Å². The van der Waals surface area contributed by atoms with Crippen molar-refractivity contribution in [3.05, 3.63) is 76.8 Å². The summed E-state index contributed by atoms with van der Waals surface area (Å²) < 4.78 is 0. The van der Waals surface area contributed by atoms with Crippen molar-refractivity contribution in [1.29, 1.82) is 0 Å². The molecule has 2 aliphatic rings. The van der Waals surface area contributed by atoms with Gasteiger partial charge in [0.25, 0.3) is 0 Å². The monoisotopic (exact) mass is 546 g/mol. The van der Waals surface area contributed by atoms with E-state index in [2.05, 4.69) is 27.9 Å². The van der Waals surface area contributed by atoms with Crippen molar-refractivity contribution in [3.63, 3.8) is 0 Å². The number of aromatic nitrogens is 1. The fraction of sp³-hybridized carbons (Fsp3) is 0.400. The number of hydrogen-bond donors (Lipinski definition) is 3. The van der Waals surface area contributed by atoms with Crippen molar-refractivity contribution in [2.45, 2.75) is 50.9 Å². The van der Waals surface area contributed by atoms with Crippen LogP contribution < -0.4 is 15.8 Å². The Bertz CT molecular complexity index is 1290. The summed E-state index contributed by atoms with van der Waals surface area (Å²) in [7, 11) is 0. The number of hydrazine groups is 1. The molecule has 204 valence electrons. The number of carboxylic acids is 1. The number of benzene rings is 2. The molecule has 1 aromatic heterocycles. The number of nitrogens with one attached hydrogen (secondary N) is 2. The SMILES string of the molecule is O=C(O)CCc1csc(NC(=O)C(c2ccc(CC3CN(c4ccccc4)NCC3=O)cc2)C2CCCC2)n1. The molecule has 39 heavy (non-hydrogen) atoms. The van der Waals surface area contributed by atoms with Crippen molar-refractivity contribution in [2.75, 3.05) is 23.4 Å². The number of Topliss-reactive ketones (excluding diaryl/α,β-unsaturated/α-hetero) is 1. The second kappa shape index (κ2) is 12.5. The first-order valence-electron chi connectivity index (χ1n) is 13.6. The molecule has 5 rings (SSSR count). The van der Waals surface area contributed by atoms with E-state index < -0.39 is 5.97 Å². The van der Waals surface area contributed by atoms with Crippen LogP contribution in [0.4, 0.5) is 10.8 Å². The van der Waals surface area contributed by atoms with Gasteiger partial charge in [-0.25, -0.2) is 10.4 Å². The minimum absolute atomic E-state index is 0.0153. The van der Waals surface area contributed by atoms with Gasteiger partial charge in [0.15, 0.2) is 10.9 Å². The fourth-order valence-electron chi connectivity index (χ4n) is 5.66. The molecule has 0 spiro atoms. The standard InChI is InChI=1S/C30H34N4O4S/c35-26-17-31-34(25-8-2-1-3-9-25)18-23(26)16-20-10-12-22(13-11-20)28(21-6-4-5-7-21)29(38)33-30-32-24(19-39-30)14-15-27(36)37/h1-3,8-13,19,21,23,28,31H,4-7,14-18H2,(H,36,37)(H,32,33,38). The van der Waals surface area contributed by atoms with Crippen LogP contribution in [0.2, 0.25) is 0 Å². The van der Waals surface area contributed by atoms with Crippen LogP contribution in [0.3, 0.4) is 0 Å². The Morgan fingerprint density at radius 3 is 2.56 bits per heavy atom. The Morgan fingerprint density at radius 2 is 1.85 bits per heavy atom. The first-order chi connectivity index (χ1) is 19.0. The molecule has 3 aromatic rings. The number of aryl methyl sites for hydroxylation is 1. The molecule has 1 aliphatic carbocycles. The number of thiazole rings is 1. The van der Waals surface area contributed by atoms with E-state index in [4.69, 9.17) is 5.11 Å². The van der Waals surface area contributed by atoms with Crippen LogP contribution in [0.1, 0.15) is 54.8 Å². The second-order valence-corrected chi connectivity index (χ2v) is 11.3. The highest BCUT2D eigenvalue weighted by Gasteiger charge is 2.33. The van der Waals surface area contributed by atoms with E-state index in [1.807, 2.05) is 47.5 Å². The van der Waals surface area contributed by atoms with E-state index >= 15 is 0 Å². The lowest BCUT2D eigenvalue weighted by Gasteiger charge is -2.34. The van der Waals surface area contributed by atoms with E-state index in [-0.39, 0.29) is 35.9 Å². The maximum absolute atomic E-state index is 13.5. The van der Waals surface area contributed by atoms with E-state index in [0.29, 0.717) is 36.8 Å². The zero-order chi connectivity index (χ0) is 27.2. The smallest absolute Gasteiger partial charge is 0.303 e. The predicted molar refractivity (Wildman–Crippen MR) is 152 cm³/mol. The summed E-state index contributed by atoms with van der Waals surface area (Å²) in [6, 6.07) is 18.2. The molecule has 1 amide bonds. The van der Waals surface area contributed by atoms with Gasteiger partial charge < -0.3 is 15.4 Å². The summed E-state index contributed by atoms with van der Waals surface area (Å²) >= 11 is 1.33. The van der Waals surface area contributed by atoms with Gasteiger partial charge in [0.2, 0.25) is 5.91 Å². The van der Waals surface area contributed by atoms with Gasteiger partial charge >= 0.3 is 5.97 Å². The van der Waals surface area contributed by atoms with Gasteiger partial charge in [-0.05, 0) is 48.4 Å².